The number of epoxide rings is 1. The van der Waals surface area contributed by atoms with Crippen molar-refractivity contribution in [2.45, 2.75) is 186 Å². The van der Waals surface area contributed by atoms with E-state index in [2.05, 4.69) is 26.0 Å². The first-order chi connectivity index (χ1) is 27.2. The Balaban J connectivity index is 1.76. The maximum absolute atomic E-state index is 12.9. The van der Waals surface area contributed by atoms with Crippen molar-refractivity contribution < 1.29 is 56.7 Å². The van der Waals surface area contributed by atoms with Gasteiger partial charge in [-0.15, -0.1) is 0 Å². The van der Waals surface area contributed by atoms with E-state index < -0.39 is 38.6 Å². The second-order valence-corrected chi connectivity index (χ2v) is 18.4. The van der Waals surface area contributed by atoms with Crippen molar-refractivity contribution in [1.29, 1.82) is 0 Å². The molecule has 1 N–H and O–H groups in total. The van der Waals surface area contributed by atoms with Gasteiger partial charge in [-0.25, -0.2) is 0 Å². The molecule has 2 aliphatic rings. The highest BCUT2D eigenvalue weighted by Gasteiger charge is 2.42. The molecule has 2 rings (SSSR count). The van der Waals surface area contributed by atoms with Gasteiger partial charge in [-0.2, -0.15) is 0 Å². The van der Waals surface area contributed by atoms with Gasteiger partial charge in [0.1, 0.15) is 25.9 Å². The van der Waals surface area contributed by atoms with Crippen LogP contribution in [0, 0.1) is 5.92 Å². The molecule has 13 heteroatoms. The van der Waals surface area contributed by atoms with Crippen LogP contribution in [-0.4, -0.2) is 99.2 Å². The smallest absolute Gasteiger partial charge is 0.306 e. The topological polar surface area (TPSA) is 161 Å². The number of esters is 2. The summed E-state index contributed by atoms with van der Waals surface area (Å²) < 4.78 is 39.7. The quantitative estimate of drug-likeness (QED) is 0.0124. The average molecular weight is 828 g/mol. The summed E-state index contributed by atoms with van der Waals surface area (Å²) in [6.45, 7) is 3.88. The Hall–Kier alpha value is -1.92. The molecule has 1 aliphatic carbocycles. The minimum absolute atomic E-state index is 0.0324. The van der Waals surface area contributed by atoms with Crippen LogP contribution in [0.4, 0.5) is 0 Å². The monoisotopic (exact) mass is 828 g/mol. The zero-order chi connectivity index (χ0) is 41.9. The molecule has 0 aromatic heterocycles. The summed E-state index contributed by atoms with van der Waals surface area (Å²) in [6, 6.07) is 0. The van der Waals surface area contributed by atoms with E-state index in [0.29, 0.717) is 42.3 Å². The summed E-state index contributed by atoms with van der Waals surface area (Å²) >= 11 is 0. The van der Waals surface area contributed by atoms with E-state index in [1.54, 1.807) is 0 Å². The lowest BCUT2D eigenvalue weighted by molar-refractivity contribution is -0.870. The van der Waals surface area contributed by atoms with E-state index in [0.717, 1.165) is 38.5 Å². The molecule has 0 bridgehead atoms. The SMILES string of the molecule is CCCCC/C=C\C[C@@H]1/C(=C\[C@H]2O[C@@H]2CCCC(=O)O[C@H](COC(=O)CCCCCCCCCCCCCCC)COP(=O)([O-])OCC[N+](C)(C)C)C(=O)C[C@H]1O. The third kappa shape index (κ3) is 25.3. The number of ether oxygens (including phenoxy) is 3. The summed E-state index contributed by atoms with van der Waals surface area (Å²) in [6.07, 6.45) is 25.8. The molecule has 1 heterocycles. The fourth-order valence-corrected chi connectivity index (χ4v) is 7.67. The molecule has 1 aliphatic heterocycles. The number of quaternary nitrogens is 1. The van der Waals surface area contributed by atoms with Crippen molar-refractivity contribution in [2.24, 2.45) is 5.92 Å². The number of phosphoric acid groups is 1. The van der Waals surface area contributed by atoms with Gasteiger partial charge >= 0.3 is 11.9 Å². The van der Waals surface area contributed by atoms with Crippen molar-refractivity contribution in [2.75, 3.05) is 47.5 Å². The number of allylic oxidation sites excluding steroid dienone is 2. The van der Waals surface area contributed by atoms with Crippen molar-refractivity contribution in [3.63, 3.8) is 0 Å². The number of unbranched alkanes of at least 4 members (excludes halogenated alkanes) is 15. The van der Waals surface area contributed by atoms with Crippen molar-refractivity contribution in [3.8, 4) is 0 Å². The standard InChI is InChI=1S/C44H78NO11P/c1-6-8-10-12-14-15-16-17-18-19-20-22-24-28-43(48)52-34-36(35-54-57(50,51)53-31-30-45(3,4)5)55-44(49)29-25-27-41-42(56-41)32-38-37(39(46)33-40(38)47)26-23-21-13-11-9-7-2/h21,23,32,36-37,39,41-42,46H,6-20,22,24-31,33-35H2,1-5H3/b23-21-,38-32+/t36-,37-,39-,41-,42-/m1/s1. The number of nitrogens with zero attached hydrogens (tertiary/aromatic N) is 1. The molecule has 1 saturated carbocycles. The number of hydrogen-bond acceptors (Lipinski definition) is 11. The van der Waals surface area contributed by atoms with Crippen LogP contribution >= 0.6 is 7.82 Å². The maximum atomic E-state index is 12.9. The molecule has 0 aromatic rings. The molecule has 330 valence electrons. The van der Waals surface area contributed by atoms with Crippen LogP contribution < -0.4 is 4.89 Å². The van der Waals surface area contributed by atoms with Gasteiger partial charge in [0.2, 0.25) is 0 Å². The van der Waals surface area contributed by atoms with Gasteiger partial charge in [0.15, 0.2) is 11.9 Å². The number of aliphatic hydroxyl groups excluding tert-OH is 1. The Morgan fingerprint density at radius 1 is 0.842 bits per heavy atom. The molecular formula is C44H78NO11P. The highest BCUT2D eigenvalue weighted by Crippen LogP contribution is 2.39. The first-order valence-electron chi connectivity index (χ1n) is 22.2. The first-order valence-corrected chi connectivity index (χ1v) is 23.7. The predicted octanol–water partition coefficient (Wildman–Crippen LogP) is 8.47. The van der Waals surface area contributed by atoms with E-state index >= 15 is 0 Å². The number of aliphatic hydroxyl groups is 1. The Labute approximate surface area is 344 Å². The Kier molecular flexibility index (Phi) is 26.4. The van der Waals surface area contributed by atoms with Crippen LogP contribution in [0.1, 0.15) is 162 Å². The lowest BCUT2D eigenvalue weighted by Gasteiger charge is -2.28. The summed E-state index contributed by atoms with van der Waals surface area (Å²) in [7, 11) is 1.02. The molecular weight excluding hydrogens is 749 g/mol. The summed E-state index contributed by atoms with van der Waals surface area (Å²) in [4.78, 5) is 50.5. The minimum atomic E-state index is -4.70. The zero-order valence-corrected chi connectivity index (χ0v) is 37.0. The van der Waals surface area contributed by atoms with E-state index in [4.69, 9.17) is 23.3 Å². The predicted molar refractivity (Wildman–Crippen MR) is 221 cm³/mol. The van der Waals surface area contributed by atoms with Crippen molar-refractivity contribution >= 4 is 25.5 Å². The van der Waals surface area contributed by atoms with Gasteiger partial charge in [0, 0.05) is 25.2 Å². The minimum Gasteiger partial charge on any atom is -0.756 e. The number of carbonyl (C=O) groups excluding carboxylic acids is 3. The van der Waals surface area contributed by atoms with Crippen LogP contribution in [0.15, 0.2) is 23.8 Å². The largest absolute Gasteiger partial charge is 0.756 e. The van der Waals surface area contributed by atoms with Gasteiger partial charge in [0.05, 0.1) is 40.0 Å². The fraction of sp³-hybridized carbons (Fsp3) is 0.841. The van der Waals surface area contributed by atoms with Gasteiger partial charge in [0.25, 0.3) is 7.82 Å². The van der Waals surface area contributed by atoms with E-state index in [9.17, 15) is 28.9 Å². The molecule has 0 aromatic carbocycles. The number of carbonyl (C=O) groups is 3. The Morgan fingerprint density at radius 2 is 1.44 bits per heavy atom. The van der Waals surface area contributed by atoms with Crippen LogP contribution in [0.3, 0.4) is 0 Å². The second kappa shape index (κ2) is 29.3. The third-order valence-electron chi connectivity index (χ3n) is 10.6. The molecule has 2 fully saturated rings. The van der Waals surface area contributed by atoms with E-state index in [-0.39, 0.29) is 56.4 Å². The third-order valence-corrected chi connectivity index (χ3v) is 11.6. The number of rotatable bonds is 35. The normalized spacial score (nSPS) is 21.9. The van der Waals surface area contributed by atoms with Gasteiger partial charge < -0.3 is 37.7 Å². The van der Waals surface area contributed by atoms with Crippen LogP contribution in [0.5, 0.6) is 0 Å². The summed E-state index contributed by atoms with van der Waals surface area (Å²) in [5.74, 6) is -1.31. The van der Waals surface area contributed by atoms with Gasteiger partial charge in [-0.1, -0.05) is 116 Å². The molecule has 0 radical (unpaired) electrons. The second-order valence-electron chi connectivity index (χ2n) is 17.0. The Morgan fingerprint density at radius 3 is 2.07 bits per heavy atom. The summed E-state index contributed by atoms with van der Waals surface area (Å²) in [5, 5.41) is 10.5. The van der Waals surface area contributed by atoms with Crippen molar-refractivity contribution in [3.05, 3.63) is 23.8 Å². The fourth-order valence-electron chi connectivity index (χ4n) is 6.94. The van der Waals surface area contributed by atoms with Crippen molar-refractivity contribution in [1.82, 2.24) is 0 Å². The number of hydrogen-bond donors (Lipinski definition) is 1. The number of ketones is 1. The molecule has 1 unspecified atom stereocenters. The van der Waals surface area contributed by atoms with Crippen LogP contribution in [-0.2, 0) is 42.2 Å². The number of phosphoric ester groups is 1. The first kappa shape index (κ1) is 51.2. The zero-order valence-electron chi connectivity index (χ0n) is 36.1. The lowest BCUT2D eigenvalue weighted by Crippen LogP contribution is -2.37. The number of likely N-dealkylation sites (N-methyl/N-ethyl adjacent to an activating group) is 1. The highest BCUT2D eigenvalue weighted by molar-refractivity contribution is 7.45. The van der Waals surface area contributed by atoms with E-state index in [1.165, 1.54) is 64.2 Å². The molecule has 12 nitrogen and oxygen atoms in total. The molecule has 1 saturated heterocycles. The number of Topliss-reactive ketones (excluding diaryl/α,β-unsaturated/α-hetero) is 1. The van der Waals surface area contributed by atoms with Crippen LogP contribution in [0.2, 0.25) is 0 Å². The van der Waals surface area contributed by atoms with Crippen LogP contribution in [0.25, 0.3) is 0 Å². The van der Waals surface area contributed by atoms with Gasteiger partial charge in [-0.05, 0) is 50.2 Å². The lowest BCUT2D eigenvalue weighted by atomic mass is 9.95. The van der Waals surface area contributed by atoms with E-state index in [1.807, 2.05) is 27.2 Å². The Bertz CT molecular complexity index is 1250. The average Bonchev–Trinajstić information content (AvgIpc) is 3.83. The maximum Gasteiger partial charge on any atom is 0.306 e. The highest BCUT2D eigenvalue weighted by atomic mass is 31.2. The van der Waals surface area contributed by atoms with Gasteiger partial charge in [-0.3, -0.25) is 18.9 Å². The molecule has 6 atom stereocenters. The molecule has 57 heavy (non-hydrogen) atoms. The summed E-state index contributed by atoms with van der Waals surface area (Å²) in [5.41, 5.74) is 0.621. The molecule has 0 spiro atoms. The molecule has 0 amide bonds.